The lowest BCUT2D eigenvalue weighted by Gasteiger charge is -1.97. The third-order valence-corrected chi connectivity index (χ3v) is 6.81. The molecule has 0 aliphatic rings. The Labute approximate surface area is 196 Å². The quantitative estimate of drug-likeness (QED) is 0.243. The summed E-state index contributed by atoms with van der Waals surface area (Å²) >= 11 is 3.50. The summed E-state index contributed by atoms with van der Waals surface area (Å²) in [5, 5.41) is 4.19. The lowest BCUT2D eigenvalue weighted by atomic mass is 10.1. The fourth-order valence-corrected chi connectivity index (χ4v) is 4.71. The molecule has 5 rings (SSSR count). The summed E-state index contributed by atoms with van der Waals surface area (Å²) in [4.78, 5) is 2.55. The van der Waals surface area contributed by atoms with Crippen LogP contribution in [0.1, 0.15) is 22.3 Å². The van der Waals surface area contributed by atoms with Crippen LogP contribution in [0.3, 0.4) is 0 Å². The van der Waals surface area contributed by atoms with E-state index in [0.717, 1.165) is 22.3 Å². The maximum atomic E-state index is 3.25. The van der Waals surface area contributed by atoms with Crippen molar-refractivity contribution < 1.29 is 0 Å². The predicted molar refractivity (Wildman–Crippen MR) is 138 cm³/mol. The molecule has 32 heavy (non-hydrogen) atoms. The molecule has 0 bridgehead atoms. The van der Waals surface area contributed by atoms with E-state index in [0.29, 0.717) is 0 Å². The molecule has 0 atom stereocenters. The van der Waals surface area contributed by atoms with Crippen molar-refractivity contribution in [3.63, 3.8) is 0 Å². The highest BCUT2D eigenvalue weighted by atomic mass is 32.1. The monoisotopic (exact) mass is 442 g/mol. The van der Waals surface area contributed by atoms with Crippen LogP contribution >= 0.6 is 22.7 Å². The lowest BCUT2D eigenvalue weighted by molar-refractivity contribution is 1.59. The van der Waals surface area contributed by atoms with Gasteiger partial charge in [0.15, 0.2) is 0 Å². The molecular formula is C30H18S2. The van der Waals surface area contributed by atoms with Crippen LogP contribution in [-0.4, -0.2) is 0 Å². The molecule has 0 amide bonds. The second-order valence-corrected chi connectivity index (χ2v) is 9.08. The van der Waals surface area contributed by atoms with Crippen LogP contribution in [0.15, 0.2) is 108 Å². The highest BCUT2D eigenvalue weighted by molar-refractivity contribution is 7.13. The summed E-state index contributed by atoms with van der Waals surface area (Å²) in [6.07, 6.45) is 0. The van der Waals surface area contributed by atoms with E-state index in [-0.39, 0.29) is 0 Å². The fourth-order valence-electron chi connectivity index (χ4n) is 3.25. The second kappa shape index (κ2) is 9.54. The van der Waals surface area contributed by atoms with Crippen LogP contribution in [0.4, 0.5) is 0 Å². The van der Waals surface area contributed by atoms with E-state index in [2.05, 4.69) is 107 Å². The summed E-state index contributed by atoms with van der Waals surface area (Å²) in [5.74, 6) is 13.0. The van der Waals surface area contributed by atoms with Crippen LogP contribution in [0.2, 0.25) is 0 Å². The molecule has 2 aromatic heterocycles. The van der Waals surface area contributed by atoms with E-state index in [1.807, 2.05) is 24.3 Å². The number of hydrogen-bond acceptors (Lipinski definition) is 2. The molecule has 150 valence electrons. The van der Waals surface area contributed by atoms with Crippen LogP contribution in [-0.2, 0) is 0 Å². The van der Waals surface area contributed by atoms with Gasteiger partial charge in [-0.25, -0.2) is 0 Å². The van der Waals surface area contributed by atoms with Gasteiger partial charge in [-0.3, -0.25) is 0 Å². The van der Waals surface area contributed by atoms with Crippen molar-refractivity contribution in [1.29, 1.82) is 0 Å². The zero-order chi connectivity index (χ0) is 21.6. The molecule has 0 radical (unpaired) electrons. The van der Waals surface area contributed by atoms with E-state index in [9.17, 15) is 0 Å². The number of hydrogen-bond donors (Lipinski definition) is 0. The van der Waals surface area contributed by atoms with Crippen molar-refractivity contribution >= 4 is 22.7 Å². The minimum absolute atomic E-state index is 0.984. The summed E-state index contributed by atoms with van der Waals surface area (Å²) in [6, 6.07) is 33.3. The van der Waals surface area contributed by atoms with Crippen molar-refractivity contribution in [1.82, 2.24) is 0 Å². The predicted octanol–water partition coefficient (Wildman–Crippen LogP) is 7.94. The topological polar surface area (TPSA) is 0 Å². The molecule has 0 unspecified atom stereocenters. The van der Waals surface area contributed by atoms with Crippen molar-refractivity contribution in [2.24, 2.45) is 0 Å². The summed E-state index contributed by atoms with van der Waals surface area (Å²) in [7, 11) is 0. The molecule has 0 aliphatic carbocycles. The Morgan fingerprint density at radius 3 is 0.969 bits per heavy atom. The molecule has 0 aliphatic heterocycles. The molecule has 2 heteroatoms. The maximum Gasteiger partial charge on any atom is 0.0342 e. The molecule has 0 saturated carbocycles. The Kier molecular flexibility index (Phi) is 6.00. The highest BCUT2D eigenvalue weighted by Crippen LogP contribution is 2.25. The number of thiophene rings is 2. The van der Waals surface area contributed by atoms with E-state index in [4.69, 9.17) is 0 Å². The average Bonchev–Trinajstić information content (AvgIpc) is 3.58. The Balaban J connectivity index is 1.25. The third kappa shape index (κ3) is 4.90. The third-order valence-electron chi connectivity index (χ3n) is 4.97. The zero-order valence-electron chi connectivity index (χ0n) is 17.2. The van der Waals surface area contributed by atoms with Gasteiger partial charge < -0.3 is 0 Å². The normalized spacial score (nSPS) is 10.0. The van der Waals surface area contributed by atoms with E-state index >= 15 is 0 Å². The summed E-state index contributed by atoms with van der Waals surface area (Å²) in [5.41, 5.74) is 6.46. The second-order valence-electron chi connectivity index (χ2n) is 7.19. The van der Waals surface area contributed by atoms with E-state index in [1.54, 1.807) is 22.7 Å². The van der Waals surface area contributed by atoms with Gasteiger partial charge in [0.2, 0.25) is 0 Å². The van der Waals surface area contributed by atoms with E-state index < -0.39 is 0 Å². The summed E-state index contributed by atoms with van der Waals surface area (Å²) < 4.78 is 0. The zero-order valence-corrected chi connectivity index (χ0v) is 18.8. The average molecular weight is 443 g/mol. The van der Waals surface area contributed by atoms with Gasteiger partial charge in [0.25, 0.3) is 0 Å². The van der Waals surface area contributed by atoms with Gasteiger partial charge in [0, 0.05) is 32.0 Å². The van der Waals surface area contributed by atoms with Gasteiger partial charge >= 0.3 is 0 Å². The first-order valence-corrected chi connectivity index (χ1v) is 12.0. The van der Waals surface area contributed by atoms with Crippen LogP contribution in [0.5, 0.6) is 0 Å². The van der Waals surface area contributed by atoms with Crippen LogP contribution in [0.25, 0.3) is 20.9 Å². The van der Waals surface area contributed by atoms with Gasteiger partial charge in [-0.2, -0.15) is 0 Å². The van der Waals surface area contributed by atoms with Gasteiger partial charge in [0.1, 0.15) is 0 Å². The smallest absolute Gasteiger partial charge is 0.0342 e. The molecule has 0 saturated heterocycles. The van der Waals surface area contributed by atoms with Crippen LogP contribution in [0, 0.1) is 23.7 Å². The first-order valence-electron chi connectivity index (χ1n) is 10.3. The molecule has 0 fully saturated rings. The van der Waals surface area contributed by atoms with Gasteiger partial charge in [-0.1, -0.05) is 60.1 Å². The number of benzene rings is 3. The van der Waals surface area contributed by atoms with Crippen molar-refractivity contribution in [3.8, 4) is 44.6 Å². The largest absolute Gasteiger partial charge is 0.144 e. The van der Waals surface area contributed by atoms with Crippen LogP contribution < -0.4 is 0 Å². The molecule has 2 heterocycles. The first-order chi connectivity index (χ1) is 15.8. The highest BCUT2D eigenvalue weighted by Gasteiger charge is 1.98. The standard InChI is InChI=1S/C30H18S2/c1-3-29(31-21-1)27-17-13-25(14-18-27)11-9-23-5-7-24(8-6-23)10-12-26-15-19-28(20-16-26)30-4-2-22-32-30/h1-8,13-22H. The van der Waals surface area contributed by atoms with Crippen molar-refractivity contribution in [2.45, 2.75) is 0 Å². The van der Waals surface area contributed by atoms with Crippen molar-refractivity contribution in [3.05, 3.63) is 130 Å². The molecule has 0 nitrogen and oxygen atoms in total. The van der Waals surface area contributed by atoms with Crippen molar-refractivity contribution in [2.75, 3.05) is 0 Å². The molecule has 5 aromatic rings. The molecule has 3 aromatic carbocycles. The maximum absolute atomic E-state index is 3.25. The minimum atomic E-state index is 0.984. The van der Waals surface area contributed by atoms with Gasteiger partial charge in [-0.15, -0.1) is 22.7 Å². The van der Waals surface area contributed by atoms with Gasteiger partial charge in [0.05, 0.1) is 0 Å². The molecule has 0 spiro atoms. The lowest BCUT2D eigenvalue weighted by Crippen LogP contribution is -1.80. The van der Waals surface area contributed by atoms with E-state index in [1.165, 1.54) is 20.9 Å². The molecule has 0 N–H and O–H groups in total. The van der Waals surface area contributed by atoms with Gasteiger partial charge in [-0.05, 0) is 82.6 Å². The SMILES string of the molecule is C(#Cc1ccc(-c2cccs2)cc1)c1ccc(C#Cc2ccc(-c3cccs3)cc2)cc1. The Hall–Kier alpha value is -3.82. The first kappa shape index (κ1) is 20.1. The summed E-state index contributed by atoms with van der Waals surface area (Å²) in [6.45, 7) is 0. The Bertz CT molecular complexity index is 1300. The Morgan fingerprint density at radius 1 is 0.375 bits per heavy atom. The minimum Gasteiger partial charge on any atom is -0.144 e. The number of rotatable bonds is 2. The Morgan fingerprint density at radius 2 is 0.688 bits per heavy atom. The molecular weight excluding hydrogens is 424 g/mol. The fraction of sp³-hybridized carbons (Fsp3) is 0.